The van der Waals surface area contributed by atoms with Crippen molar-refractivity contribution in [2.75, 3.05) is 13.4 Å². The highest BCUT2D eigenvalue weighted by Gasteiger charge is 2.20. The molecule has 116 valence electrons. The van der Waals surface area contributed by atoms with E-state index in [9.17, 15) is 13.2 Å². The molecule has 0 aliphatic heterocycles. The van der Waals surface area contributed by atoms with Gasteiger partial charge in [-0.1, -0.05) is 11.6 Å². The monoisotopic (exact) mass is 342 g/mol. The molecule has 0 bridgehead atoms. The number of carbonyl (C=O) groups excluding carboxylic acids is 1. The van der Waals surface area contributed by atoms with E-state index in [1.54, 1.807) is 12.1 Å². The van der Waals surface area contributed by atoms with Gasteiger partial charge in [0.25, 0.3) is 0 Å². The van der Waals surface area contributed by atoms with Crippen LogP contribution in [0, 0.1) is 0 Å². The van der Waals surface area contributed by atoms with Gasteiger partial charge >= 0.3 is 5.97 Å². The van der Waals surface area contributed by atoms with Crippen molar-refractivity contribution in [2.24, 2.45) is 0 Å². The van der Waals surface area contributed by atoms with Crippen LogP contribution in [0.4, 0.5) is 0 Å². The number of benzene rings is 1. The first kappa shape index (κ1) is 16.2. The van der Waals surface area contributed by atoms with Gasteiger partial charge in [-0.3, -0.25) is 0 Å². The third-order valence-corrected chi connectivity index (χ3v) is 3.65. The number of rotatable bonds is 4. The molecular weight excluding hydrogens is 332 g/mol. The zero-order valence-corrected chi connectivity index (χ0v) is 13.2. The van der Waals surface area contributed by atoms with Crippen molar-refractivity contribution < 1.29 is 22.7 Å². The lowest BCUT2D eigenvalue weighted by molar-refractivity contribution is 0.0727. The Balaban J connectivity index is 2.28. The molecule has 0 saturated heterocycles. The van der Waals surface area contributed by atoms with Gasteiger partial charge in [-0.25, -0.2) is 23.2 Å². The summed E-state index contributed by atoms with van der Waals surface area (Å²) in [7, 11) is -2.15. The summed E-state index contributed by atoms with van der Waals surface area (Å²) in [5.74, 6) is -0.0527. The molecule has 0 amide bonds. The summed E-state index contributed by atoms with van der Waals surface area (Å²) in [6, 6.07) is 6.24. The Hall–Kier alpha value is -2.19. The van der Waals surface area contributed by atoms with E-state index >= 15 is 0 Å². The van der Waals surface area contributed by atoms with Gasteiger partial charge in [0, 0.05) is 6.26 Å². The molecule has 2 aromatic rings. The Morgan fingerprint density at radius 1 is 1.18 bits per heavy atom. The fourth-order valence-corrected chi connectivity index (χ4v) is 2.14. The van der Waals surface area contributed by atoms with Gasteiger partial charge in [0.05, 0.1) is 18.3 Å². The maximum absolute atomic E-state index is 12.0. The molecule has 0 atom stereocenters. The standard InChI is InChI=1S/C13H11ClN2O5S/c1-20-8-3-5-9(6-4-8)21-12(17)11-10(14)7-15-13(16-11)22(2,18)19/h3-7H,1-2H3. The smallest absolute Gasteiger partial charge is 0.364 e. The number of ether oxygens (including phenoxy) is 2. The van der Waals surface area contributed by atoms with Gasteiger partial charge in [-0.2, -0.15) is 0 Å². The van der Waals surface area contributed by atoms with Crippen molar-refractivity contribution in [1.82, 2.24) is 9.97 Å². The number of hydrogen-bond acceptors (Lipinski definition) is 7. The molecule has 22 heavy (non-hydrogen) atoms. The molecule has 2 rings (SSSR count). The van der Waals surface area contributed by atoms with E-state index in [0.717, 1.165) is 12.5 Å². The van der Waals surface area contributed by atoms with E-state index in [1.807, 2.05) is 0 Å². The summed E-state index contributed by atoms with van der Waals surface area (Å²) in [5.41, 5.74) is -0.326. The van der Waals surface area contributed by atoms with Crippen LogP contribution in [0.3, 0.4) is 0 Å². The van der Waals surface area contributed by atoms with E-state index in [1.165, 1.54) is 19.2 Å². The van der Waals surface area contributed by atoms with Gasteiger partial charge < -0.3 is 9.47 Å². The Kier molecular flexibility index (Phi) is 4.62. The second kappa shape index (κ2) is 6.29. The zero-order chi connectivity index (χ0) is 16.3. The number of aromatic nitrogens is 2. The molecule has 0 saturated carbocycles. The van der Waals surface area contributed by atoms with Crippen molar-refractivity contribution in [2.45, 2.75) is 5.16 Å². The lowest BCUT2D eigenvalue weighted by Gasteiger charge is -2.06. The van der Waals surface area contributed by atoms with Crippen molar-refractivity contribution in [3.05, 3.63) is 41.2 Å². The third-order valence-electron chi connectivity index (χ3n) is 2.52. The summed E-state index contributed by atoms with van der Waals surface area (Å²) in [5, 5.41) is -0.607. The molecule has 0 spiro atoms. The quantitative estimate of drug-likeness (QED) is 0.474. The number of nitrogens with zero attached hydrogens (tertiary/aromatic N) is 2. The van der Waals surface area contributed by atoms with E-state index in [-0.39, 0.29) is 16.5 Å². The fourth-order valence-electron chi connectivity index (χ4n) is 1.47. The minimum absolute atomic E-state index is 0.106. The van der Waals surface area contributed by atoms with E-state index in [2.05, 4.69) is 9.97 Å². The zero-order valence-electron chi connectivity index (χ0n) is 11.6. The number of halogens is 1. The first-order valence-corrected chi connectivity index (χ1v) is 8.17. The molecule has 0 unspecified atom stereocenters. The minimum Gasteiger partial charge on any atom is -0.497 e. The second-order valence-corrected chi connectivity index (χ2v) is 6.50. The number of hydrogen-bond donors (Lipinski definition) is 0. The predicted octanol–water partition coefficient (Wildman–Crippen LogP) is 1.76. The van der Waals surface area contributed by atoms with Crippen LogP contribution in [-0.4, -0.2) is 37.7 Å². The van der Waals surface area contributed by atoms with Crippen LogP contribution in [0.25, 0.3) is 0 Å². The average molecular weight is 343 g/mol. The van der Waals surface area contributed by atoms with Crippen LogP contribution in [0.5, 0.6) is 11.5 Å². The summed E-state index contributed by atoms with van der Waals surface area (Å²) in [6.45, 7) is 0. The van der Waals surface area contributed by atoms with Crippen LogP contribution < -0.4 is 9.47 Å². The van der Waals surface area contributed by atoms with Crippen molar-refractivity contribution >= 4 is 27.4 Å². The highest BCUT2D eigenvalue weighted by Crippen LogP contribution is 2.20. The Morgan fingerprint density at radius 2 is 1.77 bits per heavy atom. The van der Waals surface area contributed by atoms with Crippen LogP contribution in [0.1, 0.15) is 10.5 Å². The van der Waals surface area contributed by atoms with Crippen molar-refractivity contribution in [3.63, 3.8) is 0 Å². The van der Waals surface area contributed by atoms with E-state index in [0.29, 0.717) is 5.75 Å². The maximum Gasteiger partial charge on any atom is 0.364 e. The fraction of sp³-hybridized carbons (Fsp3) is 0.154. The lowest BCUT2D eigenvalue weighted by Crippen LogP contribution is -2.15. The first-order valence-electron chi connectivity index (χ1n) is 5.90. The summed E-state index contributed by atoms with van der Waals surface area (Å²) in [4.78, 5) is 19.3. The second-order valence-electron chi connectivity index (χ2n) is 4.19. The molecule has 0 radical (unpaired) electrons. The molecule has 0 aliphatic rings. The molecule has 1 aromatic carbocycles. The summed E-state index contributed by atoms with van der Waals surface area (Å²) >= 11 is 5.81. The highest BCUT2D eigenvalue weighted by atomic mass is 35.5. The van der Waals surface area contributed by atoms with Gasteiger partial charge in [0.15, 0.2) is 5.69 Å². The van der Waals surface area contributed by atoms with Crippen molar-refractivity contribution in [1.29, 1.82) is 0 Å². The summed E-state index contributed by atoms with van der Waals surface area (Å²) in [6.07, 6.45) is 1.96. The normalized spacial score (nSPS) is 11.0. The SMILES string of the molecule is COc1ccc(OC(=O)c2nc(S(C)(=O)=O)ncc2Cl)cc1. The van der Waals surface area contributed by atoms with E-state index in [4.69, 9.17) is 21.1 Å². The van der Waals surface area contributed by atoms with Crippen LogP contribution in [0.2, 0.25) is 5.02 Å². The highest BCUT2D eigenvalue weighted by molar-refractivity contribution is 7.90. The van der Waals surface area contributed by atoms with Gasteiger partial charge in [-0.15, -0.1) is 0 Å². The van der Waals surface area contributed by atoms with Gasteiger partial charge in [0.1, 0.15) is 11.5 Å². The lowest BCUT2D eigenvalue weighted by atomic mass is 10.3. The Bertz CT molecular complexity index is 806. The van der Waals surface area contributed by atoms with Crippen LogP contribution >= 0.6 is 11.6 Å². The van der Waals surface area contributed by atoms with Crippen molar-refractivity contribution in [3.8, 4) is 11.5 Å². The van der Waals surface area contributed by atoms with Gasteiger partial charge in [0.2, 0.25) is 15.0 Å². The largest absolute Gasteiger partial charge is 0.497 e. The first-order chi connectivity index (χ1) is 10.3. The van der Waals surface area contributed by atoms with Crippen LogP contribution in [-0.2, 0) is 9.84 Å². The summed E-state index contributed by atoms with van der Waals surface area (Å²) < 4.78 is 32.9. The third kappa shape index (κ3) is 3.71. The minimum atomic E-state index is -3.66. The van der Waals surface area contributed by atoms with E-state index < -0.39 is 21.0 Å². The molecule has 0 fully saturated rings. The molecule has 0 N–H and O–H groups in total. The average Bonchev–Trinajstić information content (AvgIpc) is 2.47. The molecule has 0 aliphatic carbocycles. The topological polar surface area (TPSA) is 95.5 Å². The number of sulfone groups is 1. The molecule has 7 nitrogen and oxygen atoms in total. The maximum atomic E-state index is 12.0. The number of carbonyl (C=O) groups is 1. The molecule has 9 heteroatoms. The predicted molar refractivity (Wildman–Crippen MR) is 78.1 cm³/mol. The van der Waals surface area contributed by atoms with Crippen LogP contribution in [0.15, 0.2) is 35.6 Å². The molecular formula is C13H11ClN2O5S. The molecule has 1 aromatic heterocycles. The molecule has 1 heterocycles. The number of esters is 1. The Labute approximate surface area is 131 Å². The Morgan fingerprint density at radius 3 is 2.32 bits per heavy atom. The number of methoxy groups -OCH3 is 1. The van der Waals surface area contributed by atoms with Gasteiger partial charge in [-0.05, 0) is 24.3 Å².